The van der Waals surface area contributed by atoms with E-state index in [2.05, 4.69) is 4.98 Å². The van der Waals surface area contributed by atoms with Crippen molar-refractivity contribution in [1.29, 1.82) is 0 Å². The molecular weight excluding hydrogens is 358 g/mol. The lowest BCUT2D eigenvalue weighted by Gasteiger charge is -2.32. The topological polar surface area (TPSA) is 72.0 Å². The summed E-state index contributed by atoms with van der Waals surface area (Å²) in [5, 5.41) is 0. The quantitative estimate of drug-likeness (QED) is 0.814. The number of hydrogen-bond donors (Lipinski definition) is 0. The molecule has 2 aromatic rings. The van der Waals surface area contributed by atoms with Crippen LogP contribution >= 0.6 is 0 Å². The van der Waals surface area contributed by atoms with Gasteiger partial charge in [0.15, 0.2) is 0 Å². The number of aryl methyl sites for hydroxylation is 1. The van der Waals surface area contributed by atoms with Crippen LogP contribution < -0.4 is 9.64 Å². The van der Waals surface area contributed by atoms with E-state index in [1.807, 2.05) is 36.1 Å². The maximum atomic E-state index is 12.7. The number of likely N-dealkylation sites (tertiary alicyclic amines) is 1. The second-order valence-corrected chi connectivity index (χ2v) is 7.09. The van der Waals surface area contributed by atoms with Gasteiger partial charge in [-0.15, -0.1) is 0 Å². The Morgan fingerprint density at radius 3 is 2.46 bits per heavy atom. The number of cyclic esters (lactones) is 1. The molecule has 7 heteroatoms. The number of hydrogen-bond acceptors (Lipinski definition) is 5. The first-order valence-corrected chi connectivity index (χ1v) is 9.53. The lowest BCUT2D eigenvalue weighted by Crippen LogP contribution is -2.41. The van der Waals surface area contributed by atoms with Crippen LogP contribution in [0.5, 0.6) is 5.75 Å². The summed E-state index contributed by atoms with van der Waals surface area (Å²) in [6.07, 6.45) is 2.84. The van der Waals surface area contributed by atoms with Crippen molar-refractivity contribution >= 4 is 17.8 Å². The predicted molar refractivity (Wildman–Crippen MR) is 104 cm³/mol. The molecule has 0 N–H and O–H groups in total. The van der Waals surface area contributed by atoms with Crippen LogP contribution in [0.1, 0.15) is 28.8 Å². The van der Waals surface area contributed by atoms with E-state index in [0.717, 1.165) is 18.6 Å². The highest BCUT2D eigenvalue weighted by Gasteiger charge is 2.27. The maximum absolute atomic E-state index is 12.7. The van der Waals surface area contributed by atoms with Gasteiger partial charge in [-0.2, -0.15) is 0 Å². The smallest absolute Gasteiger partial charge is 0.415 e. The van der Waals surface area contributed by atoms with Crippen LogP contribution in [0.15, 0.2) is 42.6 Å². The van der Waals surface area contributed by atoms with E-state index in [4.69, 9.17) is 9.47 Å². The zero-order chi connectivity index (χ0) is 19.5. The Balaban J connectivity index is 1.32. The first-order chi connectivity index (χ1) is 13.6. The van der Waals surface area contributed by atoms with Gasteiger partial charge in [0.2, 0.25) is 0 Å². The molecule has 2 aliphatic heterocycles. The molecule has 146 valence electrons. The van der Waals surface area contributed by atoms with Crippen molar-refractivity contribution < 1.29 is 19.1 Å². The maximum Gasteiger partial charge on any atom is 0.415 e. The number of rotatable bonds is 4. The third-order valence-electron chi connectivity index (χ3n) is 5.09. The van der Waals surface area contributed by atoms with Gasteiger partial charge in [0, 0.05) is 32.1 Å². The molecule has 2 aliphatic rings. The van der Waals surface area contributed by atoms with Crippen LogP contribution in [0.2, 0.25) is 0 Å². The van der Waals surface area contributed by atoms with E-state index in [9.17, 15) is 9.59 Å². The highest BCUT2D eigenvalue weighted by Crippen LogP contribution is 2.21. The van der Waals surface area contributed by atoms with Crippen LogP contribution in [0.4, 0.5) is 10.6 Å². The molecular formula is C21H23N3O4. The monoisotopic (exact) mass is 381 g/mol. The molecule has 0 aliphatic carbocycles. The fourth-order valence-electron chi connectivity index (χ4n) is 3.44. The fourth-order valence-corrected chi connectivity index (χ4v) is 3.44. The molecule has 2 fully saturated rings. The molecule has 28 heavy (non-hydrogen) atoms. The molecule has 0 unspecified atom stereocenters. The molecule has 2 saturated heterocycles. The highest BCUT2D eigenvalue weighted by molar-refractivity contribution is 5.94. The number of amides is 2. The van der Waals surface area contributed by atoms with Gasteiger partial charge in [0.05, 0.1) is 12.1 Å². The van der Waals surface area contributed by atoms with E-state index in [1.54, 1.807) is 12.1 Å². The van der Waals surface area contributed by atoms with E-state index in [1.165, 1.54) is 16.7 Å². The predicted octanol–water partition coefficient (Wildman–Crippen LogP) is 3.03. The molecule has 0 atom stereocenters. The van der Waals surface area contributed by atoms with Crippen LogP contribution in [0.25, 0.3) is 0 Å². The van der Waals surface area contributed by atoms with Gasteiger partial charge in [-0.25, -0.2) is 9.78 Å². The summed E-state index contributed by atoms with van der Waals surface area (Å²) < 4.78 is 10.9. The Hall–Kier alpha value is -3.09. The first kappa shape index (κ1) is 18.3. The van der Waals surface area contributed by atoms with E-state index in [0.29, 0.717) is 37.6 Å². The van der Waals surface area contributed by atoms with Crippen molar-refractivity contribution in [1.82, 2.24) is 9.88 Å². The number of benzene rings is 1. The number of anilines is 1. The minimum Gasteiger partial charge on any atom is -0.490 e. The standard InChI is InChI=1S/C21H23N3O4/c1-15-2-5-17(6-3-15)28-18-8-10-23(11-9-18)20(25)16-4-7-19(22-14-16)24-12-13-27-21(24)26/h2-7,14,18H,8-13H2,1H3. The number of carbonyl (C=O) groups is 2. The minimum absolute atomic E-state index is 0.0446. The van der Waals surface area contributed by atoms with Crippen LogP contribution in [-0.2, 0) is 4.74 Å². The lowest BCUT2D eigenvalue weighted by atomic mass is 10.1. The molecule has 4 rings (SSSR count). The first-order valence-electron chi connectivity index (χ1n) is 9.53. The Bertz CT molecular complexity index is 843. The van der Waals surface area contributed by atoms with Gasteiger partial charge >= 0.3 is 6.09 Å². The molecule has 3 heterocycles. The summed E-state index contributed by atoms with van der Waals surface area (Å²) in [4.78, 5) is 31.9. The molecule has 2 amide bonds. The zero-order valence-electron chi connectivity index (χ0n) is 15.8. The molecule has 0 saturated carbocycles. The Labute approximate surface area is 163 Å². The molecule has 0 spiro atoms. The molecule has 1 aromatic heterocycles. The average molecular weight is 381 g/mol. The summed E-state index contributed by atoms with van der Waals surface area (Å²) in [6, 6.07) is 11.4. The Morgan fingerprint density at radius 2 is 1.86 bits per heavy atom. The van der Waals surface area contributed by atoms with Crippen molar-refractivity contribution in [2.75, 3.05) is 31.1 Å². The van der Waals surface area contributed by atoms with Crippen molar-refractivity contribution in [3.8, 4) is 5.75 Å². The summed E-state index contributed by atoms with van der Waals surface area (Å²) in [6.45, 7) is 4.19. The van der Waals surface area contributed by atoms with Crippen LogP contribution in [-0.4, -0.2) is 54.2 Å². The van der Waals surface area contributed by atoms with Crippen LogP contribution in [0.3, 0.4) is 0 Å². The second-order valence-electron chi connectivity index (χ2n) is 7.09. The third-order valence-corrected chi connectivity index (χ3v) is 5.09. The fraction of sp³-hybridized carbons (Fsp3) is 0.381. The zero-order valence-corrected chi connectivity index (χ0v) is 15.8. The lowest BCUT2D eigenvalue weighted by molar-refractivity contribution is 0.0595. The van der Waals surface area contributed by atoms with Gasteiger partial charge < -0.3 is 14.4 Å². The highest BCUT2D eigenvalue weighted by atomic mass is 16.6. The third kappa shape index (κ3) is 3.93. The van der Waals surface area contributed by atoms with Gasteiger partial charge in [0.1, 0.15) is 24.3 Å². The van der Waals surface area contributed by atoms with E-state index in [-0.39, 0.29) is 12.0 Å². The van der Waals surface area contributed by atoms with Gasteiger partial charge in [-0.05, 0) is 31.2 Å². The summed E-state index contributed by atoms with van der Waals surface area (Å²) in [5.41, 5.74) is 1.73. The number of aromatic nitrogens is 1. The summed E-state index contributed by atoms with van der Waals surface area (Å²) in [5.74, 6) is 1.33. The SMILES string of the molecule is Cc1ccc(OC2CCN(C(=O)c3ccc(N4CCOC4=O)nc3)CC2)cc1. The molecule has 0 radical (unpaired) electrons. The number of nitrogens with zero attached hydrogens (tertiary/aromatic N) is 3. The minimum atomic E-state index is -0.401. The Morgan fingerprint density at radius 1 is 1.11 bits per heavy atom. The number of carbonyl (C=O) groups excluding carboxylic acids is 2. The number of ether oxygens (including phenoxy) is 2. The molecule has 0 bridgehead atoms. The van der Waals surface area contributed by atoms with Gasteiger partial charge in [0.25, 0.3) is 5.91 Å². The molecule has 1 aromatic carbocycles. The van der Waals surface area contributed by atoms with Gasteiger partial charge in [-0.3, -0.25) is 9.69 Å². The average Bonchev–Trinajstić information content (AvgIpc) is 3.16. The van der Waals surface area contributed by atoms with Crippen molar-refractivity contribution in [2.24, 2.45) is 0 Å². The van der Waals surface area contributed by atoms with Crippen molar-refractivity contribution in [2.45, 2.75) is 25.9 Å². The van der Waals surface area contributed by atoms with E-state index >= 15 is 0 Å². The number of pyridine rings is 1. The van der Waals surface area contributed by atoms with E-state index < -0.39 is 6.09 Å². The summed E-state index contributed by atoms with van der Waals surface area (Å²) >= 11 is 0. The largest absolute Gasteiger partial charge is 0.490 e. The number of piperidine rings is 1. The normalized spacial score (nSPS) is 17.5. The van der Waals surface area contributed by atoms with Crippen LogP contribution in [0, 0.1) is 6.92 Å². The Kier molecular flexibility index (Phi) is 5.14. The van der Waals surface area contributed by atoms with Gasteiger partial charge in [-0.1, -0.05) is 17.7 Å². The molecule has 7 nitrogen and oxygen atoms in total. The van der Waals surface area contributed by atoms with Crippen molar-refractivity contribution in [3.63, 3.8) is 0 Å². The summed E-state index contributed by atoms with van der Waals surface area (Å²) in [7, 11) is 0. The van der Waals surface area contributed by atoms with Crippen molar-refractivity contribution in [3.05, 3.63) is 53.7 Å². The second kappa shape index (κ2) is 7.88.